The van der Waals surface area contributed by atoms with Crippen molar-refractivity contribution in [3.8, 4) is 0 Å². The van der Waals surface area contributed by atoms with Crippen molar-refractivity contribution >= 4 is 22.6 Å². The highest BCUT2D eigenvalue weighted by Gasteiger charge is 2.16. The Bertz CT molecular complexity index is 554. The van der Waals surface area contributed by atoms with E-state index >= 15 is 0 Å². The number of fused-ring (bicyclic) bond motifs is 1. The van der Waals surface area contributed by atoms with Gasteiger partial charge in [0, 0.05) is 12.5 Å². The summed E-state index contributed by atoms with van der Waals surface area (Å²) in [6.07, 6.45) is 0.675. The minimum absolute atomic E-state index is 0.168. The number of aliphatic carboxylic acids is 1. The highest BCUT2D eigenvalue weighted by atomic mass is 16.5. The zero-order chi connectivity index (χ0) is 13.0. The normalized spacial score (nSPS) is 12.3. The first kappa shape index (κ1) is 12.3. The Morgan fingerprint density at radius 3 is 3.00 bits per heavy atom. The molecule has 0 aliphatic rings. The average Bonchev–Trinajstić information content (AvgIpc) is 2.39. The number of carbonyl (C=O) groups is 1. The first-order valence-corrected chi connectivity index (χ1v) is 5.42. The molecule has 0 aliphatic carbocycles. The second-order valence-corrected chi connectivity index (χ2v) is 3.72. The summed E-state index contributed by atoms with van der Waals surface area (Å²) in [6.45, 7) is 0.168. The Balaban J connectivity index is 2.19. The SMILES string of the molecule is COC(CNc1cnnc2ccccc12)C(=O)O. The molecule has 94 valence electrons. The number of rotatable bonds is 5. The number of nitrogens with one attached hydrogen (secondary N) is 1. The quantitative estimate of drug-likeness (QED) is 0.824. The second-order valence-electron chi connectivity index (χ2n) is 3.72. The van der Waals surface area contributed by atoms with Crippen LogP contribution in [0.15, 0.2) is 30.5 Å². The molecule has 1 aromatic heterocycles. The lowest BCUT2D eigenvalue weighted by atomic mass is 10.2. The summed E-state index contributed by atoms with van der Waals surface area (Å²) in [5.74, 6) is -1.00. The number of benzene rings is 1. The van der Waals surface area contributed by atoms with Crippen LogP contribution in [0.2, 0.25) is 0 Å². The number of aromatic nitrogens is 2. The molecule has 2 rings (SSSR count). The molecule has 0 radical (unpaired) electrons. The second kappa shape index (κ2) is 5.42. The summed E-state index contributed by atoms with van der Waals surface area (Å²) >= 11 is 0. The van der Waals surface area contributed by atoms with Gasteiger partial charge in [0.05, 0.1) is 23.9 Å². The third-order valence-electron chi connectivity index (χ3n) is 2.58. The van der Waals surface area contributed by atoms with Crippen molar-refractivity contribution < 1.29 is 14.6 Å². The molecular formula is C12H13N3O3. The van der Waals surface area contributed by atoms with E-state index in [1.54, 1.807) is 6.20 Å². The maximum absolute atomic E-state index is 10.8. The molecule has 0 saturated heterocycles. The van der Waals surface area contributed by atoms with E-state index in [9.17, 15) is 4.79 Å². The van der Waals surface area contributed by atoms with Crippen molar-refractivity contribution in [3.63, 3.8) is 0 Å². The van der Waals surface area contributed by atoms with Gasteiger partial charge in [-0.15, -0.1) is 0 Å². The Morgan fingerprint density at radius 1 is 1.50 bits per heavy atom. The van der Waals surface area contributed by atoms with E-state index in [1.807, 2.05) is 24.3 Å². The smallest absolute Gasteiger partial charge is 0.334 e. The first-order valence-electron chi connectivity index (χ1n) is 5.42. The lowest BCUT2D eigenvalue weighted by Crippen LogP contribution is -2.30. The highest BCUT2D eigenvalue weighted by Crippen LogP contribution is 2.19. The van der Waals surface area contributed by atoms with E-state index in [0.29, 0.717) is 0 Å². The van der Waals surface area contributed by atoms with Crippen LogP contribution in [0.3, 0.4) is 0 Å². The molecule has 2 aromatic rings. The third-order valence-corrected chi connectivity index (χ3v) is 2.58. The lowest BCUT2D eigenvalue weighted by molar-refractivity contribution is -0.147. The standard InChI is InChI=1S/C12H13N3O3/c1-18-11(12(16)17)7-13-10-6-14-15-9-5-3-2-4-8(9)10/h2-6,11H,7H2,1H3,(H,13,15)(H,16,17). The van der Waals surface area contributed by atoms with Crippen molar-refractivity contribution in [2.24, 2.45) is 0 Å². The fourth-order valence-electron chi connectivity index (χ4n) is 1.62. The minimum Gasteiger partial charge on any atom is -0.479 e. The molecule has 6 nitrogen and oxygen atoms in total. The van der Waals surface area contributed by atoms with Gasteiger partial charge >= 0.3 is 5.97 Å². The van der Waals surface area contributed by atoms with E-state index in [-0.39, 0.29) is 6.54 Å². The number of carboxylic acids is 1. The Hall–Kier alpha value is -2.21. The molecule has 1 atom stereocenters. The largest absolute Gasteiger partial charge is 0.479 e. The molecule has 0 saturated carbocycles. The maximum atomic E-state index is 10.8. The van der Waals surface area contributed by atoms with Crippen LogP contribution >= 0.6 is 0 Å². The number of methoxy groups -OCH3 is 1. The molecule has 0 amide bonds. The predicted molar refractivity (Wildman–Crippen MR) is 66.5 cm³/mol. The van der Waals surface area contributed by atoms with Gasteiger partial charge in [0.1, 0.15) is 0 Å². The van der Waals surface area contributed by atoms with E-state index < -0.39 is 12.1 Å². The molecule has 0 spiro atoms. The topological polar surface area (TPSA) is 84.3 Å². The number of hydrogen-bond donors (Lipinski definition) is 2. The Kier molecular flexibility index (Phi) is 3.69. The van der Waals surface area contributed by atoms with Crippen molar-refractivity contribution in [1.29, 1.82) is 0 Å². The molecule has 18 heavy (non-hydrogen) atoms. The van der Waals surface area contributed by atoms with Gasteiger partial charge in [0.2, 0.25) is 0 Å². The lowest BCUT2D eigenvalue weighted by Gasteiger charge is -2.13. The molecule has 2 N–H and O–H groups in total. The zero-order valence-electron chi connectivity index (χ0n) is 9.83. The average molecular weight is 247 g/mol. The van der Waals surface area contributed by atoms with Crippen LogP contribution in [-0.4, -0.2) is 41.0 Å². The summed E-state index contributed by atoms with van der Waals surface area (Å²) in [5, 5.41) is 20.6. The Labute approximate surface area is 104 Å². The van der Waals surface area contributed by atoms with Gasteiger partial charge in [-0.1, -0.05) is 18.2 Å². The first-order chi connectivity index (χ1) is 8.72. The van der Waals surface area contributed by atoms with Gasteiger partial charge < -0.3 is 15.2 Å². The summed E-state index contributed by atoms with van der Waals surface area (Å²) in [7, 11) is 1.36. The number of nitrogens with zero attached hydrogens (tertiary/aromatic N) is 2. The minimum atomic E-state index is -1.00. The molecule has 1 unspecified atom stereocenters. The number of ether oxygens (including phenoxy) is 1. The summed E-state index contributed by atoms with van der Waals surface area (Å²) in [5.41, 5.74) is 1.50. The van der Waals surface area contributed by atoms with Crippen LogP contribution in [0.5, 0.6) is 0 Å². The maximum Gasteiger partial charge on any atom is 0.334 e. The molecule has 0 bridgehead atoms. The number of hydrogen-bond acceptors (Lipinski definition) is 5. The molecule has 1 aromatic carbocycles. The monoisotopic (exact) mass is 247 g/mol. The fourth-order valence-corrected chi connectivity index (χ4v) is 1.62. The van der Waals surface area contributed by atoms with E-state index in [2.05, 4.69) is 15.5 Å². The van der Waals surface area contributed by atoms with Gasteiger partial charge in [-0.05, 0) is 6.07 Å². The molecule has 1 heterocycles. The van der Waals surface area contributed by atoms with Gasteiger partial charge in [0.25, 0.3) is 0 Å². The van der Waals surface area contributed by atoms with Crippen molar-refractivity contribution in [2.75, 3.05) is 19.0 Å². The van der Waals surface area contributed by atoms with E-state index in [4.69, 9.17) is 9.84 Å². The van der Waals surface area contributed by atoms with Gasteiger partial charge in [-0.25, -0.2) is 4.79 Å². The van der Waals surface area contributed by atoms with E-state index in [0.717, 1.165) is 16.6 Å². The van der Waals surface area contributed by atoms with Crippen molar-refractivity contribution in [2.45, 2.75) is 6.10 Å². The van der Waals surface area contributed by atoms with Gasteiger partial charge in [-0.2, -0.15) is 10.2 Å². The molecule has 0 fully saturated rings. The highest BCUT2D eigenvalue weighted by molar-refractivity contribution is 5.90. The van der Waals surface area contributed by atoms with Gasteiger partial charge in [-0.3, -0.25) is 0 Å². The van der Waals surface area contributed by atoms with Crippen LogP contribution in [0.4, 0.5) is 5.69 Å². The van der Waals surface area contributed by atoms with Crippen LogP contribution in [0.1, 0.15) is 0 Å². The Morgan fingerprint density at radius 2 is 2.28 bits per heavy atom. The number of carboxylic acid groups (broad SMARTS) is 1. The summed E-state index contributed by atoms with van der Waals surface area (Å²) < 4.78 is 4.85. The fraction of sp³-hybridized carbons (Fsp3) is 0.250. The van der Waals surface area contributed by atoms with Crippen LogP contribution < -0.4 is 5.32 Å². The summed E-state index contributed by atoms with van der Waals surface area (Å²) in [4.78, 5) is 10.8. The van der Waals surface area contributed by atoms with E-state index in [1.165, 1.54) is 7.11 Å². The summed E-state index contributed by atoms with van der Waals surface area (Å²) in [6, 6.07) is 7.50. The molecule has 6 heteroatoms. The zero-order valence-corrected chi connectivity index (χ0v) is 9.83. The van der Waals surface area contributed by atoms with Gasteiger partial charge in [0.15, 0.2) is 6.10 Å². The predicted octanol–water partition coefficient (Wildman–Crippen LogP) is 1.14. The number of anilines is 1. The van der Waals surface area contributed by atoms with Crippen LogP contribution in [-0.2, 0) is 9.53 Å². The molecular weight excluding hydrogens is 234 g/mol. The van der Waals surface area contributed by atoms with Crippen molar-refractivity contribution in [3.05, 3.63) is 30.5 Å². The molecule has 0 aliphatic heterocycles. The van der Waals surface area contributed by atoms with Crippen molar-refractivity contribution in [1.82, 2.24) is 10.2 Å². The van der Waals surface area contributed by atoms with Crippen LogP contribution in [0, 0.1) is 0 Å². The third kappa shape index (κ3) is 2.54. The van der Waals surface area contributed by atoms with Crippen LogP contribution in [0.25, 0.3) is 10.9 Å².